The van der Waals surface area contributed by atoms with Crippen LogP contribution in [0.2, 0.25) is 0 Å². The Morgan fingerprint density at radius 1 is 1.44 bits per heavy atom. The van der Waals surface area contributed by atoms with Crippen molar-refractivity contribution < 1.29 is 13.9 Å². The summed E-state index contributed by atoms with van der Waals surface area (Å²) in [6.45, 7) is 2.63. The number of nitrogens with one attached hydrogen (secondary N) is 1. The predicted octanol–water partition coefficient (Wildman–Crippen LogP) is 4.06. The van der Waals surface area contributed by atoms with Crippen LogP contribution in [-0.4, -0.2) is 34.4 Å². The molecule has 1 fully saturated rings. The summed E-state index contributed by atoms with van der Waals surface area (Å²) in [5, 5.41) is 0. The van der Waals surface area contributed by atoms with E-state index in [0.29, 0.717) is 34.0 Å². The highest BCUT2D eigenvalue weighted by atomic mass is 32.1. The summed E-state index contributed by atoms with van der Waals surface area (Å²) in [6.07, 6.45) is 1.75. The molecule has 7 heteroatoms. The number of benzene rings is 1. The maximum Gasteiger partial charge on any atom is 0.268 e. The van der Waals surface area contributed by atoms with Crippen molar-refractivity contribution in [3.63, 3.8) is 0 Å². The maximum atomic E-state index is 13.4. The molecule has 1 saturated heterocycles. The molecule has 5 nitrogen and oxygen atoms in total. The number of ether oxygens (including phenoxy) is 1. The molecule has 1 aliphatic heterocycles. The van der Waals surface area contributed by atoms with Crippen molar-refractivity contribution in [3.05, 3.63) is 45.7 Å². The lowest BCUT2D eigenvalue weighted by Gasteiger charge is -2.23. The molecule has 1 amide bonds. The average Bonchev–Trinajstić information content (AvgIpc) is 3.30. The number of methoxy groups -OCH3 is 1. The topological polar surface area (TPSA) is 58.2 Å². The SMILES string of the molecule is COc1cc(C)sc1C(=O)N1CCC[C@H]1c1nc2ccc(F)cc2[nH]1. The number of amides is 1. The third-order valence-corrected chi connectivity index (χ3v) is 5.55. The van der Waals surface area contributed by atoms with E-state index in [1.54, 1.807) is 13.2 Å². The number of aromatic nitrogens is 2. The van der Waals surface area contributed by atoms with Gasteiger partial charge >= 0.3 is 0 Å². The molecule has 4 rings (SSSR count). The predicted molar refractivity (Wildman–Crippen MR) is 94.7 cm³/mol. The van der Waals surface area contributed by atoms with Crippen molar-refractivity contribution in [1.29, 1.82) is 0 Å². The Balaban J connectivity index is 1.68. The van der Waals surface area contributed by atoms with Crippen molar-refractivity contribution in [3.8, 4) is 5.75 Å². The number of halogens is 1. The Labute approximate surface area is 148 Å². The summed E-state index contributed by atoms with van der Waals surface area (Å²) in [6, 6.07) is 6.22. The third-order valence-electron chi connectivity index (χ3n) is 4.53. The number of aryl methyl sites for hydroxylation is 1. The second kappa shape index (κ2) is 6.15. The van der Waals surface area contributed by atoms with E-state index in [-0.39, 0.29) is 17.8 Å². The van der Waals surface area contributed by atoms with Crippen LogP contribution in [0.15, 0.2) is 24.3 Å². The van der Waals surface area contributed by atoms with Gasteiger partial charge in [-0.1, -0.05) is 0 Å². The first kappa shape index (κ1) is 16.1. The van der Waals surface area contributed by atoms with Gasteiger partial charge in [0.05, 0.1) is 24.2 Å². The standard InChI is InChI=1S/C18H18FN3O2S/c1-10-8-15(24-2)16(25-10)18(23)22-7-3-4-14(22)17-20-12-6-5-11(19)9-13(12)21-17/h5-6,8-9,14H,3-4,7H2,1-2H3,(H,20,21)/t14-/m0/s1. The Kier molecular flexibility index (Phi) is 3.95. The van der Waals surface area contributed by atoms with Gasteiger partial charge in [-0.15, -0.1) is 11.3 Å². The number of likely N-dealkylation sites (tertiary alicyclic amines) is 1. The second-order valence-electron chi connectivity index (χ2n) is 6.19. The molecule has 0 bridgehead atoms. The number of hydrogen-bond acceptors (Lipinski definition) is 4. The van der Waals surface area contributed by atoms with Gasteiger partial charge in [-0.05, 0) is 44.0 Å². The third kappa shape index (κ3) is 2.78. The molecule has 0 aliphatic carbocycles. The molecule has 1 N–H and O–H groups in total. The maximum absolute atomic E-state index is 13.4. The molecule has 0 spiro atoms. The molecule has 1 aromatic carbocycles. The zero-order valence-electron chi connectivity index (χ0n) is 14.0. The fourth-order valence-corrected chi connectivity index (χ4v) is 4.31. The number of H-pyrrole nitrogens is 1. The summed E-state index contributed by atoms with van der Waals surface area (Å²) in [5.74, 6) is 0.980. The van der Waals surface area contributed by atoms with Crippen LogP contribution in [0.3, 0.4) is 0 Å². The minimum Gasteiger partial charge on any atom is -0.495 e. The highest BCUT2D eigenvalue weighted by molar-refractivity contribution is 7.14. The zero-order chi connectivity index (χ0) is 17.6. The van der Waals surface area contributed by atoms with E-state index in [4.69, 9.17) is 4.74 Å². The van der Waals surface area contributed by atoms with E-state index in [9.17, 15) is 9.18 Å². The van der Waals surface area contributed by atoms with E-state index < -0.39 is 0 Å². The van der Waals surface area contributed by atoms with Gasteiger partial charge in [0.1, 0.15) is 22.3 Å². The number of rotatable bonds is 3. The quantitative estimate of drug-likeness (QED) is 0.767. The minimum atomic E-state index is -0.305. The van der Waals surface area contributed by atoms with Gasteiger partial charge in [-0.2, -0.15) is 0 Å². The molecule has 25 heavy (non-hydrogen) atoms. The second-order valence-corrected chi connectivity index (χ2v) is 7.45. The number of fused-ring (bicyclic) bond motifs is 1. The Hall–Kier alpha value is -2.41. The van der Waals surface area contributed by atoms with Crippen LogP contribution in [0.5, 0.6) is 5.75 Å². The number of nitrogens with zero attached hydrogens (tertiary/aromatic N) is 2. The molecule has 3 heterocycles. The lowest BCUT2D eigenvalue weighted by Crippen LogP contribution is -2.30. The number of hydrogen-bond donors (Lipinski definition) is 1. The van der Waals surface area contributed by atoms with Gasteiger partial charge < -0.3 is 14.6 Å². The Morgan fingerprint density at radius 3 is 3.08 bits per heavy atom. The smallest absolute Gasteiger partial charge is 0.268 e. The average molecular weight is 359 g/mol. The van der Waals surface area contributed by atoms with Crippen molar-refractivity contribution >= 4 is 28.3 Å². The van der Waals surface area contributed by atoms with Crippen LogP contribution >= 0.6 is 11.3 Å². The van der Waals surface area contributed by atoms with E-state index in [1.807, 2.05) is 17.9 Å². The summed E-state index contributed by atoms with van der Waals surface area (Å²) >= 11 is 1.44. The van der Waals surface area contributed by atoms with Crippen LogP contribution in [0.25, 0.3) is 11.0 Å². The lowest BCUT2D eigenvalue weighted by atomic mass is 10.2. The van der Waals surface area contributed by atoms with Gasteiger partial charge in [0.15, 0.2) is 0 Å². The Morgan fingerprint density at radius 2 is 2.28 bits per heavy atom. The van der Waals surface area contributed by atoms with Gasteiger partial charge in [0.2, 0.25) is 0 Å². The monoisotopic (exact) mass is 359 g/mol. The van der Waals surface area contributed by atoms with Gasteiger partial charge in [-0.25, -0.2) is 9.37 Å². The molecule has 1 aliphatic rings. The van der Waals surface area contributed by atoms with Crippen LogP contribution in [0.1, 0.15) is 39.3 Å². The van der Waals surface area contributed by atoms with E-state index in [1.165, 1.54) is 23.5 Å². The summed E-state index contributed by atoms with van der Waals surface area (Å²) in [7, 11) is 1.58. The summed E-state index contributed by atoms with van der Waals surface area (Å²) < 4.78 is 18.8. The highest BCUT2D eigenvalue weighted by Crippen LogP contribution is 2.36. The fraction of sp³-hybridized carbons (Fsp3) is 0.333. The molecule has 0 unspecified atom stereocenters. The molecular formula is C18H18FN3O2S. The van der Waals surface area contributed by atoms with Crippen LogP contribution < -0.4 is 4.74 Å². The van der Waals surface area contributed by atoms with Gasteiger partial charge in [0, 0.05) is 11.4 Å². The van der Waals surface area contributed by atoms with Crippen molar-refractivity contribution in [2.24, 2.45) is 0 Å². The molecule has 0 radical (unpaired) electrons. The van der Waals surface area contributed by atoms with Gasteiger partial charge in [-0.3, -0.25) is 4.79 Å². The number of carbonyl (C=O) groups is 1. The highest BCUT2D eigenvalue weighted by Gasteiger charge is 2.34. The van der Waals surface area contributed by atoms with Crippen LogP contribution in [0, 0.1) is 12.7 Å². The van der Waals surface area contributed by atoms with Gasteiger partial charge in [0.25, 0.3) is 5.91 Å². The summed E-state index contributed by atoms with van der Waals surface area (Å²) in [4.78, 5) is 24.3. The van der Waals surface area contributed by atoms with E-state index in [0.717, 1.165) is 17.7 Å². The van der Waals surface area contributed by atoms with Crippen molar-refractivity contribution in [2.45, 2.75) is 25.8 Å². The normalized spacial score (nSPS) is 17.4. The summed E-state index contributed by atoms with van der Waals surface area (Å²) in [5.41, 5.74) is 1.36. The fourth-order valence-electron chi connectivity index (χ4n) is 3.38. The molecule has 0 saturated carbocycles. The first-order valence-corrected chi connectivity index (χ1v) is 8.99. The van der Waals surface area contributed by atoms with E-state index in [2.05, 4.69) is 9.97 Å². The lowest BCUT2D eigenvalue weighted by molar-refractivity contribution is 0.0732. The molecule has 130 valence electrons. The number of carbonyl (C=O) groups excluding carboxylic acids is 1. The van der Waals surface area contributed by atoms with Crippen molar-refractivity contribution in [2.75, 3.05) is 13.7 Å². The van der Waals surface area contributed by atoms with Crippen LogP contribution in [-0.2, 0) is 0 Å². The number of thiophene rings is 1. The first-order chi connectivity index (χ1) is 12.1. The molecule has 1 atom stereocenters. The molecule has 3 aromatic rings. The molecular weight excluding hydrogens is 341 g/mol. The minimum absolute atomic E-state index is 0.0379. The largest absolute Gasteiger partial charge is 0.495 e. The number of imidazole rings is 1. The first-order valence-electron chi connectivity index (χ1n) is 8.17. The zero-order valence-corrected chi connectivity index (χ0v) is 14.8. The molecule has 2 aromatic heterocycles. The van der Waals surface area contributed by atoms with Crippen molar-refractivity contribution in [1.82, 2.24) is 14.9 Å². The number of aromatic amines is 1. The van der Waals surface area contributed by atoms with Crippen LogP contribution in [0.4, 0.5) is 4.39 Å². The Bertz CT molecular complexity index is 949. The van der Waals surface area contributed by atoms with E-state index >= 15 is 0 Å².